The van der Waals surface area contributed by atoms with E-state index in [1.54, 1.807) is 10.9 Å². The minimum atomic E-state index is 0.0317. The highest BCUT2D eigenvalue weighted by atomic mass is 32.1. The van der Waals surface area contributed by atoms with E-state index < -0.39 is 0 Å². The minimum Gasteiger partial charge on any atom is -0.292 e. The number of aromatic nitrogens is 1. The van der Waals surface area contributed by atoms with Crippen molar-refractivity contribution in [2.75, 3.05) is 0 Å². The van der Waals surface area contributed by atoms with E-state index in [1.807, 2.05) is 0 Å². The summed E-state index contributed by atoms with van der Waals surface area (Å²) in [6.07, 6.45) is 5.91. The molecule has 1 heterocycles. The molecule has 0 atom stereocenters. The van der Waals surface area contributed by atoms with Crippen molar-refractivity contribution in [3.63, 3.8) is 0 Å². The van der Waals surface area contributed by atoms with Crippen molar-refractivity contribution in [2.45, 2.75) is 12.8 Å². The Morgan fingerprint density at radius 1 is 1.82 bits per heavy atom. The summed E-state index contributed by atoms with van der Waals surface area (Å²) in [5, 5.41) is 1.73. The maximum Gasteiger partial charge on any atom is 0.182 e. The molecule has 3 heteroatoms. The number of rotatable bonds is 3. The van der Waals surface area contributed by atoms with Crippen molar-refractivity contribution in [3.8, 4) is 12.3 Å². The topological polar surface area (TPSA) is 30.0 Å². The van der Waals surface area contributed by atoms with E-state index in [1.165, 1.54) is 11.3 Å². The van der Waals surface area contributed by atoms with E-state index in [2.05, 4.69) is 10.9 Å². The molecule has 0 aliphatic rings. The third-order valence-corrected chi connectivity index (χ3v) is 1.80. The smallest absolute Gasteiger partial charge is 0.182 e. The van der Waals surface area contributed by atoms with E-state index in [0.717, 1.165) is 0 Å². The minimum absolute atomic E-state index is 0.0317. The summed E-state index contributed by atoms with van der Waals surface area (Å²) in [5.74, 6) is 2.45. The van der Waals surface area contributed by atoms with Crippen molar-refractivity contribution in [2.24, 2.45) is 0 Å². The van der Waals surface area contributed by atoms with Crippen molar-refractivity contribution < 1.29 is 4.79 Å². The number of hydrogen-bond donors (Lipinski definition) is 0. The lowest BCUT2D eigenvalue weighted by atomic mass is 10.2. The molecule has 0 fully saturated rings. The van der Waals surface area contributed by atoms with Gasteiger partial charge in [-0.3, -0.25) is 4.79 Å². The number of nitrogens with zero attached hydrogens (tertiary/aromatic N) is 1. The second-order valence-corrected chi connectivity index (χ2v) is 2.72. The first-order valence-corrected chi connectivity index (χ1v) is 4.13. The average Bonchev–Trinajstić information content (AvgIpc) is 2.52. The Labute approximate surface area is 69.3 Å². The molecule has 0 N–H and O–H groups in total. The molecule has 2 nitrogen and oxygen atoms in total. The lowest BCUT2D eigenvalue weighted by molar-refractivity contribution is 0.0980. The van der Waals surface area contributed by atoms with Gasteiger partial charge in [0.1, 0.15) is 5.69 Å². The largest absolute Gasteiger partial charge is 0.292 e. The Morgan fingerprint density at radius 3 is 3.18 bits per heavy atom. The molecule has 1 aromatic rings. The first-order valence-electron chi connectivity index (χ1n) is 3.19. The number of terminal acetylenes is 1. The quantitative estimate of drug-likeness (QED) is 0.504. The van der Waals surface area contributed by atoms with Gasteiger partial charge in [0, 0.05) is 18.2 Å². The number of thiazole rings is 1. The maximum atomic E-state index is 11.1. The van der Waals surface area contributed by atoms with Crippen LogP contribution in [0.25, 0.3) is 0 Å². The number of carbonyl (C=O) groups excluding carboxylic acids is 1. The number of Topliss-reactive ketones (excluding diaryl/α,β-unsaturated/α-hetero) is 1. The monoisotopic (exact) mass is 165 g/mol. The molecular weight excluding hydrogens is 158 g/mol. The fourth-order valence-electron chi connectivity index (χ4n) is 0.664. The fourth-order valence-corrected chi connectivity index (χ4v) is 1.22. The van der Waals surface area contributed by atoms with E-state index in [-0.39, 0.29) is 5.78 Å². The second kappa shape index (κ2) is 3.89. The van der Waals surface area contributed by atoms with Gasteiger partial charge in [-0.2, -0.15) is 0 Å². The lowest BCUT2D eigenvalue weighted by Crippen LogP contribution is -1.97. The molecule has 56 valence electrons. The molecule has 0 spiro atoms. The Bertz CT molecular complexity index is 271. The molecular formula is C8H7NOS. The number of carbonyl (C=O) groups is 1. The van der Waals surface area contributed by atoms with Crippen molar-refractivity contribution in [1.82, 2.24) is 4.98 Å². The molecule has 0 unspecified atom stereocenters. The zero-order valence-corrected chi connectivity index (χ0v) is 6.73. The van der Waals surface area contributed by atoms with Gasteiger partial charge in [-0.25, -0.2) is 4.98 Å². The van der Waals surface area contributed by atoms with Crippen molar-refractivity contribution >= 4 is 17.1 Å². The van der Waals surface area contributed by atoms with Crippen LogP contribution in [-0.2, 0) is 0 Å². The molecule has 11 heavy (non-hydrogen) atoms. The van der Waals surface area contributed by atoms with Crippen LogP contribution in [0.2, 0.25) is 0 Å². The second-order valence-electron chi connectivity index (χ2n) is 2.00. The third-order valence-electron chi connectivity index (χ3n) is 1.21. The van der Waals surface area contributed by atoms with Crippen LogP contribution in [0.1, 0.15) is 23.3 Å². The SMILES string of the molecule is C#CCCC(=O)c1cscn1. The van der Waals surface area contributed by atoms with Crippen molar-refractivity contribution in [3.05, 3.63) is 16.6 Å². The van der Waals surface area contributed by atoms with Gasteiger partial charge < -0.3 is 0 Å². The Morgan fingerprint density at radius 2 is 2.64 bits per heavy atom. The van der Waals surface area contributed by atoms with Crippen LogP contribution in [0.4, 0.5) is 0 Å². The van der Waals surface area contributed by atoms with Crippen LogP contribution in [0.5, 0.6) is 0 Å². The van der Waals surface area contributed by atoms with Gasteiger partial charge >= 0.3 is 0 Å². The molecule has 0 amide bonds. The Balaban J connectivity index is 2.51. The van der Waals surface area contributed by atoms with E-state index >= 15 is 0 Å². The highest BCUT2D eigenvalue weighted by Crippen LogP contribution is 2.05. The summed E-state index contributed by atoms with van der Waals surface area (Å²) in [4.78, 5) is 15.0. The summed E-state index contributed by atoms with van der Waals surface area (Å²) in [5.41, 5.74) is 2.17. The zero-order valence-electron chi connectivity index (χ0n) is 5.91. The van der Waals surface area contributed by atoms with Crippen LogP contribution in [0.15, 0.2) is 10.9 Å². The van der Waals surface area contributed by atoms with E-state index in [4.69, 9.17) is 6.42 Å². The molecule has 0 saturated carbocycles. The number of hydrogen-bond acceptors (Lipinski definition) is 3. The predicted molar refractivity (Wildman–Crippen MR) is 44.5 cm³/mol. The van der Waals surface area contributed by atoms with Crippen LogP contribution in [0.3, 0.4) is 0 Å². The first-order chi connectivity index (χ1) is 5.34. The van der Waals surface area contributed by atoms with Gasteiger partial charge in [0.05, 0.1) is 5.51 Å². The lowest BCUT2D eigenvalue weighted by Gasteiger charge is -1.89. The predicted octanol–water partition coefficient (Wildman–Crippen LogP) is 1.74. The van der Waals surface area contributed by atoms with E-state index in [0.29, 0.717) is 18.5 Å². The molecule has 0 bridgehead atoms. The highest BCUT2D eigenvalue weighted by Gasteiger charge is 2.05. The summed E-state index contributed by atoms with van der Waals surface area (Å²) in [6, 6.07) is 0. The Hall–Kier alpha value is -1.14. The van der Waals surface area contributed by atoms with Crippen LogP contribution in [-0.4, -0.2) is 10.8 Å². The molecule has 0 aliphatic carbocycles. The van der Waals surface area contributed by atoms with Gasteiger partial charge in [-0.05, 0) is 0 Å². The molecule has 0 aliphatic heterocycles. The van der Waals surface area contributed by atoms with Gasteiger partial charge in [0.2, 0.25) is 0 Å². The fraction of sp³-hybridized carbons (Fsp3) is 0.250. The molecule has 1 rings (SSSR count). The zero-order chi connectivity index (χ0) is 8.10. The third kappa shape index (κ3) is 2.17. The van der Waals surface area contributed by atoms with Crippen LogP contribution in [0, 0.1) is 12.3 Å². The van der Waals surface area contributed by atoms with Crippen LogP contribution >= 0.6 is 11.3 Å². The molecule has 0 radical (unpaired) electrons. The summed E-state index contributed by atoms with van der Waals surface area (Å²) < 4.78 is 0. The van der Waals surface area contributed by atoms with Gasteiger partial charge in [-0.1, -0.05) is 0 Å². The van der Waals surface area contributed by atoms with Gasteiger partial charge in [0.15, 0.2) is 5.78 Å². The Kier molecular flexibility index (Phi) is 2.82. The standard InChI is InChI=1S/C8H7NOS/c1-2-3-4-8(10)7-5-11-6-9-7/h1,5-6H,3-4H2. The summed E-state index contributed by atoms with van der Waals surface area (Å²) in [7, 11) is 0. The normalized spacial score (nSPS) is 9.00. The number of ketones is 1. The average molecular weight is 165 g/mol. The summed E-state index contributed by atoms with van der Waals surface area (Å²) in [6.45, 7) is 0. The van der Waals surface area contributed by atoms with Crippen molar-refractivity contribution in [1.29, 1.82) is 0 Å². The highest BCUT2D eigenvalue weighted by molar-refractivity contribution is 7.07. The van der Waals surface area contributed by atoms with Gasteiger partial charge in [-0.15, -0.1) is 23.7 Å². The first kappa shape index (κ1) is 7.96. The van der Waals surface area contributed by atoms with Crippen LogP contribution < -0.4 is 0 Å². The van der Waals surface area contributed by atoms with Gasteiger partial charge in [0.25, 0.3) is 0 Å². The summed E-state index contributed by atoms with van der Waals surface area (Å²) >= 11 is 1.42. The molecule has 0 aromatic carbocycles. The molecule has 1 aromatic heterocycles. The maximum absolute atomic E-state index is 11.1. The molecule has 0 saturated heterocycles. The van der Waals surface area contributed by atoms with E-state index in [9.17, 15) is 4.79 Å².